The topological polar surface area (TPSA) is 68.3 Å². The van der Waals surface area contributed by atoms with Crippen LogP contribution in [0.3, 0.4) is 0 Å². The summed E-state index contributed by atoms with van der Waals surface area (Å²) in [4.78, 5) is 29.8. The van der Waals surface area contributed by atoms with E-state index in [1.54, 1.807) is 0 Å². The molecule has 0 radical (unpaired) electrons. The molecule has 0 spiro atoms. The Balaban J connectivity index is 1.59. The Morgan fingerprint density at radius 3 is 2.41 bits per heavy atom. The summed E-state index contributed by atoms with van der Waals surface area (Å²) in [5.41, 5.74) is 2.13. The Morgan fingerprint density at radius 1 is 1.07 bits per heavy atom. The minimum absolute atomic E-state index is 0.0349. The molecule has 2 aromatic carbocycles. The van der Waals surface area contributed by atoms with Crippen LogP contribution in [0.1, 0.15) is 35.0 Å². The number of ketones is 1. The lowest BCUT2D eigenvalue weighted by atomic mass is 10.1. The van der Waals surface area contributed by atoms with Crippen LogP contribution in [-0.4, -0.2) is 23.3 Å². The largest absolute Gasteiger partial charge is 0.494 e. The van der Waals surface area contributed by atoms with E-state index >= 15 is 0 Å². The van der Waals surface area contributed by atoms with Crippen LogP contribution in [0, 0.1) is 12.7 Å². The zero-order valence-electron chi connectivity index (χ0n) is 16.2. The van der Waals surface area contributed by atoms with E-state index in [-0.39, 0.29) is 24.5 Å². The summed E-state index contributed by atoms with van der Waals surface area (Å²) in [5.74, 6) is -0.0942. The fourth-order valence-corrected chi connectivity index (χ4v) is 3.63. The third-order valence-electron chi connectivity index (χ3n) is 4.23. The number of aromatic nitrogens is 1. The summed E-state index contributed by atoms with van der Waals surface area (Å²) in [6.07, 6.45) is 0.0841. The van der Waals surface area contributed by atoms with Gasteiger partial charge >= 0.3 is 0 Å². The second-order valence-electron chi connectivity index (χ2n) is 6.36. The molecule has 3 aromatic rings. The summed E-state index contributed by atoms with van der Waals surface area (Å²) < 4.78 is 18.4. The molecular weight excluding hydrogens is 391 g/mol. The molecular formula is C22H21FN2O3S. The van der Waals surface area contributed by atoms with Crippen LogP contribution in [0.5, 0.6) is 5.75 Å². The Bertz CT molecular complexity index is 998. The van der Waals surface area contributed by atoms with E-state index in [1.807, 2.05) is 38.1 Å². The number of aryl methyl sites for hydroxylation is 1. The van der Waals surface area contributed by atoms with Crippen molar-refractivity contribution in [2.75, 3.05) is 11.9 Å². The van der Waals surface area contributed by atoms with Crippen molar-refractivity contribution in [2.24, 2.45) is 0 Å². The molecule has 0 saturated carbocycles. The summed E-state index contributed by atoms with van der Waals surface area (Å²) in [6.45, 7) is 4.48. The van der Waals surface area contributed by atoms with Gasteiger partial charge in [-0.1, -0.05) is 0 Å². The molecule has 1 aromatic heterocycles. The van der Waals surface area contributed by atoms with Crippen molar-refractivity contribution >= 4 is 28.2 Å². The first kappa shape index (κ1) is 20.7. The van der Waals surface area contributed by atoms with E-state index in [1.165, 1.54) is 35.6 Å². The highest BCUT2D eigenvalue weighted by Crippen LogP contribution is 2.31. The minimum Gasteiger partial charge on any atom is -0.494 e. The maximum Gasteiger partial charge on any atom is 0.226 e. The SMILES string of the molecule is CCOc1ccc(-c2nc(NC(=O)CCC(=O)c3ccc(F)cc3)sc2C)cc1. The number of nitrogens with one attached hydrogen (secondary N) is 1. The first-order chi connectivity index (χ1) is 14.0. The number of ether oxygens (including phenoxy) is 1. The van der Waals surface area contributed by atoms with Gasteiger partial charge < -0.3 is 10.1 Å². The molecule has 29 heavy (non-hydrogen) atoms. The van der Waals surface area contributed by atoms with Gasteiger partial charge in [0.15, 0.2) is 10.9 Å². The van der Waals surface area contributed by atoms with E-state index in [2.05, 4.69) is 10.3 Å². The van der Waals surface area contributed by atoms with Crippen LogP contribution in [0.25, 0.3) is 11.3 Å². The molecule has 0 unspecified atom stereocenters. The summed E-state index contributed by atoms with van der Waals surface area (Å²) >= 11 is 1.38. The monoisotopic (exact) mass is 412 g/mol. The molecule has 0 atom stereocenters. The fraction of sp³-hybridized carbons (Fsp3) is 0.227. The molecule has 0 aliphatic carbocycles. The Hall–Kier alpha value is -3.06. The highest BCUT2D eigenvalue weighted by Gasteiger charge is 2.14. The van der Waals surface area contributed by atoms with Gasteiger partial charge in [0.1, 0.15) is 11.6 Å². The Labute approximate surface area is 172 Å². The number of hydrogen-bond acceptors (Lipinski definition) is 5. The number of thiazole rings is 1. The molecule has 0 bridgehead atoms. The smallest absolute Gasteiger partial charge is 0.226 e. The number of rotatable bonds is 8. The quantitative estimate of drug-likeness (QED) is 0.513. The second-order valence-corrected chi connectivity index (χ2v) is 7.56. The number of Topliss-reactive ketones (excluding diaryl/α,β-unsaturated/α-hetero) is 1. The zero-order chi connectivity index (χ0) is 20.8. The van der Waals surface area contributed by atoms with Gasteiger partial charge in [-0.2, -0.15) is 0 Å². The average Bonchev–Trinajstić information content (AvgIpc) is 3.07. The van der Waals surface area contributed by atoms with E-state index in [0.29, 0.717) is 17.3 Å². The van der Waals surface area contributed by atoms with Gasteiger partial charge in [-0.3, -0.25) is 9.59 Å². The van der Waals surface area contributed by atoms with Crippen LogP contribution in [0.4, 0.5) is 9.52 Å². The molecule has 7 heteroatoms. The normalized spacial score (nSPS) is 10.6. The van der Waals surface area contributed by atoms with Crippen molar-refractivity contribution < 1.29 is 18.7 Å². The molecule has 0 saturated heterocycles. The molecule has 150 valence electrons. The van der Waals surface area contributed by atoms with Crippen molar-refractivity contribution in [3.63, 3.8) is 0 Å². The predicted octanol–water partition coefficient (Wildman–Crippen LogP) is 5.26. The van der Waals surface area contributed by atoms with Crippen LogP contribution in [0.15, 0.2) is 48.5 Å². The van der Waals surface area contributed by atoms with E-state index in [4.69, 9.17) is 4.74 Å². The lowest BCUT2D eigenvalue weighted by molar-refractivity contribution is -0.116. The molecule has 0 aliphatic rings. The van der Waals surface area contributed by atoms with Crippen LogP contribution in [-0.2, 0) is 4.79 Å². The predicted molar refractivity (Wildman–Crippen MR) is 112 cm³/mol. The number of carbonyl (C=O) groups is 2. The molecule has 0 aliphatic heterocycles. The van der Waals surface area contributed by atoms with E-state index in [0.717, 1.165) is 21.9 Å². The molecule has 0 fully saturated rings. The Kier molecular flexibility index (Phi) is 6.72. The number of anilines is 1. The van der Waals surface area contributed by atoms with Gasteiger partial charge in [-0.15, -0.1) is 11.3 Å². The lowest BCUT2D eigenvalue weighted by Crippen LogP contribution is -2.13. The van der Waals surface area contributed by atoms with Gasteiger partial charge in [0.25, 0.3) is 0 Å². The van der Waals surface area contributed by atoms with Crippen molar-refractivity contribution in [3.8, 4) is 17.0 Å². The van der Waals surface area contributed by atoms with Crippen LogP contribution >= 0.6 is 11.3 Å². The van der Waals surface area contributed by atoms with Crippen molar-refractivity contribution in [3.05, 3.63) is 64.8 Å². The second kappa shape index (κ2) is 9.43. The first-order valence-electron chi connectivity index (χ1n) is 9.25. The number of hydrogen-bond donors (Lipinski definition) is 1. The highest BCUT2D eigenvalue weighted by molar-refractivity contribution is 7.16. The van der Waals surface area contributed by atoms with Crippen molar-refractivity contribution in [1.29, 1.82) is 0 Å². The number of nitrogens with zero attached hydrogens (tertiary/aromatic N) is 1. The maximum atomic E-state index is 12.9. The Morgan fingerprint density at radius 2 is 1.76 bits per heavy atom. The molecule has 3 rings (SSSR count). The number of amides is 1. The van der Waals surface area contributed by atoms with Gasteiger partial charge in [-0.05, 0) is 62.4 Å². The minimum atomic E-state index is -0.401. The van der Waals surface area contributed by atoms with Crippen molar-refractivity contribution in [1.82, 2.24) is 4.98 Å². The van der Waals surface area contributed by atoms with Gasteiger partial charge in [0.2, 0.25) is 5.91 Å². The highest BCUT2D eigenvalue weighted by atomic mass is 32.1. The van der Waals surface area contributed by atoms with Gasteiger partial charge in [0, 0.05) is 28.8 Å². The first-order valence-corrected chi connectivity index (χ1v) is 10.1. The van der Waals surface area contributed by atoms with Crippen molar-refractivity contribution in [2.45, 2.75) is 26.7 Å². The summed E-state index contributed by atoms with van der Waals surface area (Å²) in [6, 6.07) is 12.9. The van der Waals surface area contributed by atoms with Gasteiger partial charge in [0.05, 0.1) is 12.3 Å². The summed E-state index contributed by atoms with van der Waals surface area (Å²) in [7, 11) is 0. The summed E-state index contributed by atoms with van der Waals surface area (Å²) in [5, 5.41) is 3.24. The van der Waals surface area contributed by atoms with Crippen LogP contribution in [0.2, 0.25) is 0 Å². The van der Waals surface area contributed by atoms with E-state index < -0.39 is 5.82 Å². The standard InChI is InChI=1S/C22H21FN2O3S/c1-3-28-18-10-6-16(7-11-18)21-14(2)29-22(25-21)24-20(27)13-12-19(26)15-4-8-17(23)9-5-15/h4-11H,3,12-13H2,1-2H3,(H,24,25,27). The fourth-order valence-electron chi connectivity index (χ4n) is 2.78. The lowest BCUT2D eigenvalue weighted by Gasteiger charge is -2.04. The third-order valence-corrected chi connectivity index (χ3v) is 5.11. The number of carbonyl (C=O) groups excluding carboxylic acids is 2. The average molecular weight is 412 g/mol. The molecule has 5 nitrogen and oxygen atoms in total. The molecule has 1 heterocycles. The number of halogens is 1. The van der Waals surface area contributed by atoms with Gasteiger partial charge in [-0.25, -0.2) is 9.37 Å². The molecule has 1 N–H and O–H groups in total. The van der Waals surface area contributed by atoms with Crippen LogP contribution < -0.4 is 10.1 Å². The number of benzene rings is 2. The molecule has 1 amide bonds. The maximum absolute atomic E-state index is 12.9. The zero-order valence-corrected chi connectivity index (χ0v) is 17.0. The third kappa shape index (κ3) is 5.48. The van der Waals surface area contributed by atoms with E-state index in [9.17, 15) is 14.0 Å².